The van der Waals surface area contributed by atoms with Crippen LogP contribution >= 0.6 is 0 Å². The maximum absolute atomic E-state index is 9.85. The van der Waals surface area contributed by atoms with E-state index in [-0.39, 0.29) is 0 Å². The molecule has 1 aromatic heterocycles. The van der Waals surface area contributed by atoms with E-state index >= 15 is 0 Å². The number of rotatable bonds is 4. The Morgan fingerprint density at radius 3 is 2.81 bits per heavy atom. The highest BCUT2D eigenvalue weighted by Crippen LogP contribution is 2.23. The number of hydrogen-bond acceptors (Lipinski definition) is 1. The minimum Gasteiger partial charge on any atom is -0.387 e. The SMILES string of the molecule is CC(C)C[C](O)Cc1c[nH]c2ccccc12. The van der Waals surface area contributed by atoms with E-state index in [9.17, 15) is 5.11 Å². The molecule has 0 bridgehead atoms. The number of hydrogen-bond donors (Lipinski definition) is 2. The van der Waals surface area contributed by atoms with Gasteiger partial charge in [-0.3, -0.25) is 0 Å². The van der Waals surface area contributed by atoms with E-state index in [2.05, 4.69) is 31.0 Å². The Labute approximate surface area is 96.3 Å². The monoisotopic (exact) mass is 216 g/mol. The molecule has 0 unspecified atom stereocenters. The predicted octanol–water partition coefficient (Wildman–Crippen LogP) is 3.66. The van der Waals surface area contributed by atoms with Crippen LogP contribution in [0.4, 0.5) is 0 Å². The highest BCUT2D eigenvalue weighted by atomic mass is 16.3. The Kier molecular flexibility index (Phi) is 3.30. The van der Waals surface area contributed by atoms with Crippen LogP contribution in [-0.4, -0.2) is 10.1 Å². The zero-order chi connectivity index (χ0) is 11.5. The molecule has 0 saturated heterocycles. The van der Waals surface area contributed by atoms with E-state index in [1.54, 1.807) is 0 Å². The van der Waals surface area contributed by atoms with Crippen molar-refractivity contribution in [1.29, 1.82) is 0 Å². The normalized spacial score (nSPS) is 11.8. The Morgan fingerprint density at radius 1 is 1.31 bits per heavy atom. The highest BCUT2D eigenvalue weighted by Gasteiger charge is 2.11. The van der Waals surface area contributed by atoms with Gasteiger partial charge in [-0.2, -0.15) is 0 Å². The molecular weight excluding hydrogens is 198 g/mol. The minimum absolute atomic E-state index is 0.505. The first-order valence-corrected chi connectivity index (χ1v) is 5.75. The van der Waals surface area contributed by atoms with Crippen molar-refractivity contribution in [2.45, 2.75) is 26.7 Å². The smallest absolute Gasteiger partial charge is 0.0980 e. The molecule has 16 heavy (non-hydrogen) atoms. The fourth-order valence-electron chi connectivity index (χ4n) is 2.04. The van der Waals surface area contributed by atoms with E-state index in [1.165, 1.54) is 10.9 Å². The summed E-state index contributed by atoms with van der Waals surface area (Å²) in [5.74, 6) is 0.505. The predicted molar refractivity (Wildman–Crippen MR) is 66.6 cm³/mol. The zero-order valence-corrected chi connectivity index (χ0v) is 9.83. The molecule has 0 aliphatic heterocycles. The third-order valence-corrected chi connectivity index (χ3v) is 2.71. The summed E-state index contributed by atoms with van der Waals surface area (Å²) in [5.41, 5.74) is 2.31. The third-order valence-electron chi connectivity index (χ3n) is 2.71. The number of aromatic nitrogens is 1. The van der Waals surface area contributed by atoms with Crippen molar-refractivity contribution in [3.63, 3.8) is 0 Å². The van der Waals surface area contributed by atoms with Gasteiger partial charge in [0.25, 0.3) is 0 Å². The van der Waals surface area contributed by atoms with Crippen LogP contribution in [0.25, 0.3) is 10.9 Å². The van der Waals surface area contributed by atoms with Crippen molar-refractivity contribution in [1.82, 2.24) is 4.98 Å². The number of aliphatic hydroxyl groups is 1. The van der Waals surface area contributed by atoms with Gasteiger partial charge < -0.3 is 10.1 Å². The first-order chi connectivity index (χ1) is 7.66. The van der Waals surface area contributed by atoms with Crippen molar-refractivity contribution in [2.24, 2.45) is 5.92 Å². The average molecular weight is 216 g/mol. The van der Waals surface area contributed by atoms with Gasteiger partial charge >= 0.3 is 0 Å². The molecule has 0 atom stereocenters. The van der Waals surface area contributed by atoms with Crippen LogP contribution in [0.3, 0.4) is 0 Å². The topological polar surface area (TPSA) is 36.0 Å². The van der Waals surface area contributed by atoms with Crippen molar-refractivity contribution in [3.05, 3.63) is 42.1 Å². The van der Waals surface area contributed by atoms with E-state index in [0.717, 1.165) is 11.9 Å². The fourth-order valence-corrected chi connectivity index (χ4v) is 2.04. The second-order valence-electron chi connectivity index (χ2n) is 4.70. The largest absolute Gasteiger partial charge is 0.387 e. The zero-order valence-electron chi connectivity index (χ0n) is 9.83. The van der Waals surface area contributed by atoms with Crippen molar-refractivity contribution in [2.75, 3.05) is 0 Å². The molecule has 1 aromatic carbocycles. The van der Waals surface area contributed by atoms with Crippen molar-refractivity contribution in [3.8, 4) is 0 Å². The second kappa shape index (κ2) is 4.71. The molecular formula is C14H18NO. The number of aromatic amines is 1. The molecule has 2 nitrogen and oxygen atoms in total. The molecule has 0 saturated carbocycles. The van der Waals surface area contributed by atoms with Crippen molar-refractivity contribution < 1.29 is 5.11 Å². The molecule has 0 amide bonds. The Morgan fingerprint density at radius 2 is 2.06 bits per heavy atom. The highest BCUT2D eigenvalue weighted by molar-refractivity contribution is 5.83. The number of H-pyrrole nitrogens is 1. The van der Waals surface area contributed by atoms with E-state index < -0.39 is 0 Å². The molecule has 0 aliphatic carbocycles. The number of para-hydroxylation sites is 1. The fraction of sp³-hybridized carbons (Fsp3) is 0.357. The first kappa shape index (κ1) is 11.2. The van der Waals surface area contributed by atoms with Gasteiger partial charge in [0.2, 0.25) is 0 Å². The lowest BCUT2D eigenvalue weighted by atomic mass is 9.99. The maximum Gasteiger partial charge on any atom is 0.0980 e. The molecule has 85 valence electrons. The standard InChI is InChI=1S/C14H18NO/c1-10(2)7-12(16)8-11-9-15-14-6-4-3-5-13(11)14/h3-6,9-10,15-16H,7-8H2,1-2H3. The number of fused-ring (bicyclic) bond motifs is 1. The maximum atomic E-state index is 9.85. The molecule has 2 N–H and O–H groups in total. The average Bonchev–Trinajstić information content (AvgIpc) is 2.61. The summed E-state index contributed by atoms with van der Waals surface area (Å²) in [7, 11) is 0. The van der Waals surface area contributed by atoms with Gasteiger partial charge in [-0.15, -0.1) is 0 Å². The Hall–Kier alpha value is -1.28. The van der Waals surface area contributed by atoms with Crippen LogP contribution in [0.1, 0.15) is 25.8 Å². The third kappa shape index (κ3) is 2.45. The van der Waals surface area contributed by atoms with Crippen LogP contribution < -0.4 is 0 Å². The van der Waals surface area contributed by atoms with Gasteiger partial charge in [-0.05, 0) is 24.0 Å². The summed E-state index contributed by atoms with van der Waals surface area (Å²) in [6.07, 6.45) is 3.99. The molecule has 0 fully saturated rings. The number of aliphatic hydroxyl groups excluding tert-OH is 1. The minimum atomic E-state index is 0.505. The van der Waals surface area contributed by atoms with Gasteiger partial charge in [-0.25, -0.2) is 0 Å². The number of nitrogens with one attached hydrogen (secondary N) is 1. The lowest BCUT2D eigenvalue weighted by Crippen LogP contribution is -2.04. The Balaban J connectivity index is 2.15. The quantitative estimate of drug-likeness (QED) is 0.803. The van der Waals surface area contributed by atoms with Gasteiger partial charge in [-0.1, -0.05) is 32.0 Å². The molecule has 2 heteroatoms. The van der Waals surface area contributed by atoms with Gasteiger partial charge in [0.15, 0.2) is 0 Å². The summed E-state index contributed by atoms with van der Waals surface area (Å²) < 4.78 is 0. The van der Waals surface area contributed by atoms with Gasteiger partial charge in [0, 0.05) is 23.5 Å². The van der Waals surface area contributed by atoms with Crippen LogP contribution in [-0.2, 0) is 6.42 Å². The lowest BCUT2D eigenvalue weighted by Gasteiger charge is -2.10. The molecule has 1 heterocycles. The van der Waals surface area contributed by atoms with E-state index in [4.69, 9.17) is 0 Å². The van der Waals surface area contributed by atoms with Crippen LogP contribution in [0.15, 0.2) is 30.5 Å². The molecule has 1 radical (unpaired) electrons. The molecule has 0 spiro atoms. The molecule has 0 aliphatic rings. The van der Waals surface area contributed by atoms with Crippen molar-refractivity contribution >= 4 is 10.9 Å². The summed E-state index contributed by atoms with van der Waals surface area (Å²) in [5, 5.41) is 11.1. The van der Waals surface area contributed by atoms with Crippen LogP contribution in [0.5, 0.6) is 0 Å². The van der Waals surface area contributed by atoms with E-state index in [1.807, 2.05) is 18.3 Å². The van der Waals surface area contributed by atoms with E-state index in [0.29, 0.717) is 18.4 Å². The van der Waals surface area contributed by atoms with Crippen LogP contribution in [0.2, 0.25) is 0 Å². The second-order valence-corrected chi connectivity index (χ2v) is 4.70. The summed E-state index contributed by atoms with van der Waals surface area (Å²) in [6, 6.07) is 8.18. The number of benzene rings is 1. The van der Waals surface area contributed by atoms with Gasteiger partial charge in [0.05, 0.1) is 6.10 Å². The Bertz CT molecular complexity index is 458. The summed E-state index contributed by atoms with van der Waals surface area (Å²) in [4.78, 5) is 3.22. The lowest BCUT2D eigenvalue weighted by molar-refractivity contribution is 0.260. The molecule has 2 aromatic rings. The first-order valence-electron chi connectivity index (χ1n) is 5.75. The van der Waals surface area contributed by atoms with Crippen LogP contribution in [0, 0.1) is 12.0 Å². The van der Waals surface area contributed by atoms with Gasteiger partial charge in [0.1, 0.15) is 0 Å². The summed E-state index contributed by atoms with van der Waals surface area (Å²) in [6.45, 7) is 4.23. The molecule has 2 rings (SSSR count). The summed E-state index contributed by atoms with van der Waals surface area (Å²) >= 11 is 0.